The van der Waals surface area contributed by atoms with Crippen molar-refractivity contribution in [3.05, 3.63) is 88.7 Å². The normalized spacial score (nSPS) is 24.6. The van der Waals surface area contributed by atoms with E-state index in [1.165, 1.54) is 4.90 Å². The van der Waals surface area contributed by atoms with Gasteiger partial charge in [-0.25, -0.2) is 0 Å². The molecular formula is C26H27ClN2O4. The van der Waals surface area contributed by atoms with Crippen LogP contribution < -0.4 is 9.47 Å². The number of pyridine rings is 1. The van der Waals surface area contributed by atoms with Crippen molar-refractivity contribution in [1.82, 2.24) is 9.88 Å². The molecule has 0 bridgehead atoms. The lowest BCUT2D eigenvalue weighted by atomic mass is 9.72. The first kappa shape index (κ1) is 23.1. The monoisotopic (exact) mass is 466 g/mol. The van der Waals surface area contributed by atoms with Gasteiger partial charge in [-0.1, -0.05) is 54.1 Å². The Morgan fingerprint density at radius 1 is 1.15 bits per heavy atom. The quantitative estimate of drug-likeness (QED) is 0.573. The number of halogens is 1. The van der Waals surface area contributed by atoms with Crippen molar-refractivity contribution >= 4 is 18.0 Å². The van der Waals surface area contributed by atoms with E-state index in [4.69, 9.17) is 21.1 Å². The molecule has 0 spiro atoms. The maximum Gasteiger partial charge on any atom is 0.209 e. The van der Waals surface area contributed by atoms with Crippen LogP contribution in [-0.2, 0) is 16.0 Å². The van der Waals surface area contributed by atoms with Crippen molar-refractivity contribution in [3.8, 4) is 11.5 Å². The average Bonchev–Trinajstić information content (AvgIpc) is 3.27. The van der Waals surface area contributed by atoms with Crippen molar-refractivity contribution in [2.24, 2.45) is 0 Å². The summed E-state index contributed by atoms with van der Waals surface area (Å²) < 4.78 is 12.2. The lowest BCUT2D eigenvalue weighted by Gasteiger charge is -2.40. The molecule has 33 heavy (non-hydrogen) atoms. The highest BCUT2D eigenvalue weighted by atomic mass is 35.5. The zero-order valence-corrected chi connectivity index (χ0v) is 19.6. The predicted octanol–water partition coefficient (Wildman–Crippen LogP) is 4.50. The topological polar surface area (TPSA) is 71.9 Å². The van der Waals surface area contributed by atoms with Gasteiger partial charge >= 0.3 is 0 Å². The van der Waals surface area contributed by atoms with Crippen LogP contribution >= 0.6 is 11.6 Å². The molecule has 1 aromatic heterocycles. The van der Waals surface area contributed by atoms with E-state index in [-0.39, 0.29) is 5.92 Å². The standard InChI is InChI=1S/C23H20ClNO3.C3H7NO/c1-27-19-13-25-14-20-21(19)22(26)12-11-18(15-5-3-2-4-6-15)23(22,28-20)16-7-9-17(24)10-8-16;1-4(2)3-5/h2-10,13-14,18,26H,11-12H2,1H3;3H,1-2H3. The van der Waals surface area contributed by atoms with E-state index in [2.05, 4.69) is 17.1 Å². The fourth-order valence-corrected chi connectivity index (χ4v) is 5.14. The number of hydrogen-bond donors (Lipinski definition) is 1. The minimum absolute atomic E-state index is 0.0306. The van der Waals surface area contributed by atoms with Crippen LogP contribution in [0.15, 0.2) is 67.0 Å². The molecule has 0 radical (unpaired) electrons. The highest BCUT2D eigenvalue weighted by Crippen LogP contribution is 2.67. The summed E-state index contributed by atoms with van der Waals surface area (Å²) in [5.74, 6) is 1.08. The van der Waals surface area contributed by atoms with Crippen LogP contribution in [0.1, 0.15) is 35.4 Å². The van der Waals surface area contributed by atoms with Gasteiger partial charge in [0.15, 0.2) is 5.60 Å². The summed E-state index contributed by atoms with van der Waals surface area (Å²) in [5, 5.41) is 12.8. The van der Waals surface area contributed by atoms with E-state index >= 15 is 0 Å². The van der Waals surface area contributed by atoms with Crippen LogP contribution in [0, 0.1) is 0 Å². The van der Waals surface area contributed by atoms with E-state index in [1.54, 1.807) is 33.6 Å². The number of amides is 1. The Balaban J connectivity index is 0.000000471. The second-order valence-electron chi connectivity index (χ2n) is 8.49. The maximum atomic E-state index is 12.1. The number of aliphatic hydroxyl groups is 1. The van der Waals surface area contributed by atoms with Gasteiger partial charge in [-0.3, -0.25) is 9.78 Å². The molecule has 1 aliphatic carbocycles. The highest BCUT2D eigenvalue weighted by molar-refractivity contribution is 6.30. The van der Waals surface area contributed by atoms with Crippen LogP contribution in [0.2, 0.25) is 5.02 Å². The van der Waals surface area contributed by atoms with Gasteiger partial charge in [0.05, 0.1) is 25.1 Å². The molecule has 0 saturated heterocycles. The zero-order valence-electron chi connectivity index (χ0n) is 18.9. The van der Waals surface area contributed by atoms with Crippen molar-refractivity contribution in [2.45, 2.75) is 30.0 Å². The molecule has 7 heteroatoms. The number of aromatic nitrogens is 1. The number of methoxy groups -OCH3 is 1. The average molecular weight is 467 g/mol. The van der Waals surface area contributed by atoms with Gasteiger partial charge in [-0.05, 0) is 36.1 Å². The van der Waals surface area contributed by atoms with Crippen molar-refractivity contribution in [1.29, 1.82) is 0 Å². The Hall–Kier alpha value is -3.09. The summed E-state index contributed by atoms with van der Waals surface area (Å²) in [6, 6.07) is 17.8. The van der Waals surface area contributed by atoms with Crippen LogP contribution in [-0.4, -0.2) is 42.6 Å². The first-order valence-electron chi connectivity index (χ1n) is 10.7. The molecule has 1 fully saturated rings. The fourth-order valence-electron chi connectivity index (χ4n) is 5.02. The van der Waals surface area contributed by atoms with Gasteiger partial charge in [0.25, 0.3) is 0 Å². The number of ether oxygens (including phenoxy) is 2. The molecule has 2 aromatic carbocycles. The molecule has 1 amide bonds. The summed E-state index contributed by atoms with van der Waals surface area (Å²) in [6.07, 6.45) is 5.39. The molecule has 2 aliphatic rings. The molecule has 6 nitrogen and oxygen atoms in total. The largest absolute Gasteiger partial charge is 0.495 e. The lowest BCUT2D eigenvalue weighted by molar-refractivity contribution is -0.115. The molecule has 3 aromatic rings. The third-order valence-electron chi connectivity index (χ3n) is 6.37. The molecule has 2 heterocycles. The zero-order chi connectivity index (χ0) is 23.6. The Labute approximate surface area is 198 Å². The number of carbonyl (C=O) groups is 1. The van der Waals surface area contributed by atoms with E-state index in [0.717, 1.165) is 24.0 Å². The molecule has 172 valence electrons. The molecule has 3 unspecified atom stereocenters. The second kappa shape index (κ2) is 9.04. The predicted molar refractivity (Wildman–Crippen MR) is 127 cm³/mol. The number of hydrogen-bond acceptors (Lipinski definition) is 5. The number of rotatable bonds is 4. The van der Waals surface area contributed by atoms with Crippen LogP contribution in [0.4, 0.5) is 0 Å². The van der Waals surface area contributed by atoms with Crippen LogP contribution in [0.3, 0.4) is 0 Å². The minimum atomic E-state index is -1.23. The van der Waals surface area contributed by atoms with E-state index in [0.29, 0.717) is 28.5 Å². The third kappa shape index (κ3) is 3.73. The van der Waals surface area contributed by atoms with Crippen molar-refractivity contribution in [2.75, 3.05) is 21.2 Å². The van der Waals surface area contributed by atoms with E-state index in [9.17, 15) is 9.90 Å². The smallest absolute Gasteiger partial charge is 0.209 e. The van der Waals surface area contributed by atoms with Crippen molar-refractivity contribution < 1.29 is 19.4 Å². The van der Waals surface area contributed by atoms with Crippen LogP contribution in [0.25, 0.3) is 0 Å². The third-order valence-corrected chi connectivity index (χ3v) is 6.62. The highest BCUT2D eigenvalue weighted by Gasteiger charge is 2.69. The van der Waals surface area contributed by atoms with Gasteiger partial charge in [0.1, 0.15) is 17.1 Å². The molecular weight excluding hydrogens is 440 g/mol. The fraction of sp³-hybridized carbons (Fsp3) is 0.308. The maximum absolute atomic E-state index is 12.1. The van der Waals surface area contributed by atoms with Gasteiger partial charge in [-0.2, -0.15) is 0 Å². The summed E-state index contributed by atoms with van der Waals surface area (Å²) in [5.41, 5.74) is 0.498. The van der Waals surface area contributed by atoms with Gasteiger partial charge in [0, 0.05) is 25.0 Å². The number of fused-ring (bicyclic) bond motifs is 3. The molecule has 1 saturated carbocycles. The van der Waals surface area contributed by atoms with Gasteiger partial charge in [0.2, 0.25) is 6.41 Å². The Kier molecular flexibility index (Phi) is 6.32. The summed E-state index contributed by atoms with van der Waals surface area (Å²) in [6.45, 7) is 0. The summed E-state index contributed by atoms with van der Waals surface area (Å²) in [4.78, 5) is 15.1. The van der Waals surface area contributed by atoms with E-state index in [1.807, 2.05) is 42.5 Å². The molecule has 5 rings (SSSR count). The summed E-state index contributed by atoms with van der Waals surface area (Å²) in [7, 11) is 4.96. The number of benzene rings is 2. The van der Waals surface area contributed by atoms with Gasteiger partial charge in [-0.15, -0.1) is 0 Å². The summed E-state index contributed by atoms with van der Waals surface area (Å²) >= 11 is 6.15. The minimum Gasteiger partial charge on any atom is -0.495 e. The molecule has 1 aliphatic heterocycles. The lowest BCUT2D eigenvalue weighted by Crippen LogP contribution is -2.48. The Morgan fingerprint density at radius 2 is 1.82 bits per heavy atom. The first-order valence-corrected chi connectivity index (χ1v) is 11.1. The first-order chi connectivity index (χ1) is 15.9. The number of carbonyl (C=O) groups excluding carboxylic acids is 1. The molecule has 3 atom stereocenters. The SMILES string of the molecule is CN(C)C=O.COc1cncc2c1C1(O)CCC(c3ccccc3)C1(c1ccc(Cl)cc1)O2. The van der Waals surface area contributed by atoms with Crippen LogP contribution in [0.5, 0.6) is 11.5 Å². The Morgan fingerprint density at radius 3 is 2.42 bits per heavy atom. The van der Waals surface area contributed by atoms with E-state index < -0.39 is 11.2 Å². The molecule has 1 N–H and O–H groups in total. The van der Waals surface area contributed by atoms with Gasteiger partial charge < -0.3 is 19.5 Å². The van der Waals surface area contributed by atoms with Crippen molar-refractivity contribution in [3.63, 3.8) is 0 Å². The number of nitrogens with zero attached hydrogens (tertiary/aromatic N) is 2. The Bertz CT molecular complexity index is 1120. The second-order valence-corrected chi connectivity index (χ2v) is 8.93.